The standard InChI is InChI=1S/C12H15BrO/c1-9-5-6-10(2)11(8-9)12(14)4-3-7-13/h5-6,8H,3-4,7H2,1-2H3. The highest BCUT2D eigenvalue weighted by atomic mass is 79.9. The van der Waals surface area contributed by atoms with Gasteiger partial charge in [0.15, 0.2) is 5.78 Å². The van der Waals surface area contributed by atoms with Gasteiger partial charge in [0.25, 0.3) is 0 Å². The molecular weight excluding hydrogens is 240 g/mol. The number of carbonyl (C=O) groups is 1. The molecule has 0 amide bonds. The summed E-state index contributed by atoms with van der Waals surface area (Å²) >= 11 is 3.33. The molecule has 1 nitrogen and oxygen atoms in total. The van der Waals surface area contributed by atoms with Gasteiger partial charge in [-0.05, 0) is 31.9 Å². The van der Waals surface area contributed by atoms with Crippen molar-refractivity contribution >= 4 is 21.7 Å². The fourth-order valence-corrected chi connectivity index (χ4v) is 1.68. The van der Waals surface area contributed by atoms with E-state index < -0.39 is 0 Å². The first-order valence-electron chi connectivity index (χ1n) is 4.81. The SMILES string of the molecule is Cc1ccc(C)c(C(=O)CCCBr)c1. The van der Waals surface area contributed by atoms with Crippen molar-refractivity contribution in [3.05, 3.63) is 34.9 Å². The lowest BCUT2D eigenvalue weighted by molar-refractivity contribution is 0.0981. The number of ketones is 1. The lowest BCUT2D eigenvalue weighted by Crippen LogP contribution is -2.02. The number of Topliss-reactive ketones (excluding diaryl/α,β-unsaturated/α-hetero) is 1. The zero-order valence-electron chi connectivity index (χ0n) is 8.64. The van der Waals surface area contributed by atoms with Crippen molar-refractivity contribution in [2.24, 2.45) is 0 Å². The van der Waals surface area contributed by atoms with Crippen LogP contribution < -0.4 is 0 Å². The Bertz CT molecular complexity index is 331. The Hall–Kier alpha value is -0.630. The second-order valence-electron chi connectivity index (χ2n) is 3.53. The van der Waals surface area contributed by atoms with Crippen molar-refractivity contribution in [2.45, 2.75) is 26.7 Å². The minimum absolute atomic E-state index is 0.255. The molecule has 0 bridgehead atoms. The molecule has 76 valence electrons. The average molecular weight is 255 g/mol. The molecule has 0 spiro atoms. The van der Waals surface area contributed by atoms with Gasteiger partial charge in [-0.3, -0.25) is 4.79 Å². The van der Waals surface area contributed by atoms with E-state index in [1.54, 1.807) is 0 Å². The molecule has 0 aliphatic heterocycles. The molecule has 14 heavy (non-hydrogen) atoms. The molecule has 0 saturated carbocycles. The fraction of sp³-hybridized carbons (Fsp3) is 0.417. The fourth-order valence-electron chi connectivity index (χ4n) is 1.40. The molecular formula is C12H15BrO. The zero-order valence-corrected chi connectivity index (χ0v) is 10.2. The van der Waals surface area contributed by atoms with Gasteiger partial charge in [0.2, 0.25) is 0 Å². The van der Waals surface area contributed by atoms with Gasteiger partial charge < -0.3 is 0 Å². The van der Waals surface area contributed by atoms with Crippen molar-refractivity contribution in [3.8, 4) is 0 Å². The second-order valence-corrected chi connectivity index (χ2v) is 4.33. The molecule has 0 unspecified atom stereocenters. The Balaban J connectivity index is 2.83. The van der Waals surface area contributed by atoms with Gasteiger partial charge in [0, 0.05) is 17.3 Å². The van der Waals surface area contributed by atoms with Crippen LogP contribution in [0.25, 0.3) is 0 Å². The minimum atomic E-state index is 0.255. The maximum Gasteiger partial charge on any atom is 0.163 e. The number of carbonyl (C=O) groups excluding carboxylic acids is 1. The summed E-state index contributed by atoms with van der Waals surface area (Å²) in [6, 6.07) is 6.03. The summed E-state index contributed by atoms with van der Waals surface area (Å²) in [5.74, 6) is 0.255. The smallest absolute Gasteiger partial charge is 0.163 e. The van der Waals surface area contributed by atoms with Gasteiger partial charge in [-0.1, -0.05) is 33.6 Å². The first-order chi connectivity index (χ1) is 6.65. The monoisotopic (exact) mass is 254 g/mol. The summed E-state index contributed by atoms with van der Waals surface area (Å²) in [5, 5.41) is 0.892. The number of rotatable bonds is 4. The summed E-state index contributed by atoms with van der Waals surface area (Å²) in [6.07, 6.45) is 1.54. The third-order valence-corrected chi connectivity index (χ3v) is 2.79. The predicted octanol–water partition coefficient (Wildman–Crippen LogP) is 3.66. The van der Waals surface area contributed by atoms with Crippen LogP contribution in [0, 0.1) is 13.8 Å². The number of hydrogen-bond acceptors (Lipinski definition) is 1. The van der Waals surface area contributed by atoms with Gasteiger partial charge >= 0.3 is 0 Å². The summed E-state index contributed by atoms with van der Waals surface area (Å²) in [4.78, 5) is 11.8. The van der Waals surface area contributed by atoms with Crippen LogP contribution in [0.5, 0.6) is 0 Å². The molecule has 1 rings (SSSR count). The Morgan fingerprint density at radius 3 is 2.71 bits per heavy atom. The Morgan fingerprint density at radius 1 is 1.36 bits per heavy atom. The Morgan fingerprint density at radius 2 is 2.07 bits per heavy atom. The molecule has 0 radical (unpaired) electrons. The van der Waals surface area contributed by atoms with Crippen LogP contribution >= 0.6 is 15.9 Å². The molecule has 0 aliphatic rings. The molecule has 1 aromatic rings. The largest absolute Gasteiger partial charge is 0.294 e. The van der Waals surface area contributed by atoms with Gasteiger partial charge in [-0.15, -0.1) is 0 Å². The lowest BCUT2D eigenvalue weighted by atomic mass is 10.00. The number of aryl methyl sites for hydroxylation is 2. The predicted molar refractivity (Wildman–Crippen MR) is 63.3 cm³/mol. The highest BCUT2D eigenvalue weighted by Crippen LogP contribution is 2.14. The topological polar surface area (TPSA) is 17.1 Å². The van der Waals surface area contributed by atoms with E-state index in [0.717, 1.165) is 28.4 Å². The first-order valence-corrected chi connectivity index (χ1v) is 5.93. The average Bonchev–Trinajstić information content (AvgIpc) is 2.18. The summed E-state index contributed by atoms with van der Waals surface area (Å²) in [5.41, 5.74) is 3.11. The molecule has 0 fully saturated rings. The van der Waals surface area contributed by atoms with E-state index in [4.69, 9.17) is 0 Å². The molecule has 0 aliphatic carbocycles. The van der Waals surface area contributed by atoms with Crippen LogP contribution in [0.4, 0.5) is 0 Å². The Labute approximate surface area is 93.7 Å². The van der Waals surface area contributed by atoms with Crippen molar-refractivity contribution in [1.29, 1.82) is 0 Å². The third kappa shape index (κ3) is 2.95. The van der Waals surface area contributed by atoms with Crippen LogP contribution in [-0.2, 0) is 0 Å². The van der Waals surface area contributed by atoms with Crippen LogP contribution in [0.15, 0.2) is 18.2 Å². The van der Waals surface area contributed by atoms with E-state index in [2.05, 4.69) is 15.9 Å². The zero-order chi connectivity index (χ0) is 10.6. The molecule has 1 aromatic carbocycles. The van der Waals surface area contributed by atoms with Crippen LogP contribution in [-0.4, -0.2) is 11.1 Å². The van der Waals surface area contributed by atoms with Gasteiger partial charge in [0.1, 0.15) is 0 Å². The number of hydrogen-bond donors (Lipinski definition) is 0. The van der Waals surface area contributed by atoms with Gasteiger partial charge in [0.05, 0.1) is 0 Å². The highest BCUT2D eigenvalue weighted by molar-refractivity contribution is 9.09. The van der Waals surface area contributed by atoms with Gasteiger partial charge in [-0.25, -0.2) is 0 Å². The van der Waals surface area contributed by atoms with E-state index in [1.165, 1.54) is 0 Å². The van der Waals surface area contributed by atoms with Crippen molar-refractivity contribution < 1.29 is 4.79 Å². The van der Waals surface area contributed by atoms with Crippen LogP contribution in [0.3, 0.4) is 0 Å². The van der Waals surface area contributed by atoms with Crippen LogP contribution in [0.2, 0.25) is 0 Å². The van der Waals surface area contributed by atoms with Crippen molar-refractivity contribution in [3.63, 3.8) is 0 Å². The normalized spacial score (nSPS) is 10.2. The highest BCUT2D eigenvalue weighted by Gasteiger charge is 2.08. The third-order valence-electron chi connectivity index (χ3n) is 2.23. The van der Waals surface area contributed by atoms with Crippen LogP contribution in [0.1, 0.15) is 34.3 Å². The second kappa shape index (κ2) is 5.30. The number of alkyl halides is 1. The number of halogens is 1. The summed E-state index contributed by atoms with van der Waals surface area (Å²) in [7, 11) is 0. The van der Waals surface area contributed by atoms with E-state index in [1.807, 2.05) is 32.0 Å². The summed E-state index contributed by atoms with van der Waals surface area (Å²) in [6.45, 7) is 4.00. The quantitative estimate of drug-likeness (QED) is 0.592. The minimum Gasteiger partial charge on any atom is -0.294 e. The lowest BCUT2D eigenvalue weighted by Gasteiger charge is -2.05. The van der Waals surface area contributed by atoms with E-state index in [9.17, 15) is 4.79 Å². The maximum absolute atomic E-state index is 11.8. The maximum atomic E-state index is 11.8. The van der Waals surface area contributed by atoms with E-state index >= 15 is 0 Å². The van der Waals surface area contributed by atoms with E-state index in [-0.39, 0.29) is 5.78 Å². The molecule has 2 heteroatoms. The molecule has 0 heterocycles. The molecule has 0 aromatic heterocycles. The van der Waals surface area contributed by atoms with Gasteiger partial charge in [-0.2, -0.15) is 0 Å². The molecule has 0 saturated heterocycles. The molecule has 0 N–H and O–H groups in total. The van der Waals surface area contributed by atoms with Crippen molar-refractivity contribution in [2.75, 3.05) is 5.33 Å². The first kappa shape index (κ1) is 11.4. The number of benzene rings is 1. The summed E-state index contributed by atoms with van der Waals surface area (Å²) < 4.78 is 0. The van der Waals surface area contributed by atoms with E-state index in [0.29, 0.717) is 6.42 Å². The molecule has 0 atom stereocenters. The van der Waals surface area contributed by atoms with Crippen molar-refractivity contribution in [1.82, 2.24) is 0 Å². The Kier molecular flexibility index (Phi) is 4.33.